The molecule has 3 amide bonds. The van der Waals surface area contributed by atoms with E-state index in [-0.39, 0.29) is 24.0 Å². The summed E-state index contributed by atoms with van der Waals surface area (Å²) in [7, 11) is 0. The third kappa shape index (κ3) is 4.98. The lowest BCUT2D eigenvalue weighted by atomic mass is 9.79. The van der Waals surface area contributed by atoms with Crippen LogP contribution in [-0.2, 0) is 39.0 Å². The quantitative estimate of drug-likeness (QED) is 0.336. The molecule has 228 valence electrons. The highest BCUT2D eigenvalue weighted by molar-refractivity contribution is 6.20. The van der Waals surface area contributed by atoms with E-state index in [1.54, 1.807) is 51.1 Å². The lowest BCUT2D eigenvalue weighted by molar-refractivity contribution is -0.143. The average molecular weight is 597 g/mol. The Bertz CT molecular complexity index is 1670. The van der Waals surface area contributed by atoms with Crippen LogP contribution in [0.3, 0.4) is 0 Å². The predicted octanol–water partition coefficient (Wildman–Crippen LogP) is 5.93. The van der Waals surface area contributed by atoms with Crippen LogP contribution in [0, 0.1) is 5.41 Å². The standard InChI is InChI=1S/C35H37FN4O4/c1-22(2)44-33(43)40-30-27(12-7-15-37-30)35(32(40)42)18-25-17-23(20-38-28(25)19-35)9-8-16-39(31(41)34(3,4)21-36)29-14-13-24-10-5-6-11-26(24)29/h5-12,15,17,20,22,29H,13-14,16,18-19,21H2,1-4H3/b9-8+/t29-,35+/m1/s1. The van der Waals surface area contributed by atoms with E-state index in [0.717, 1.165) is 40.1 Å². The van der Waals surface area contributed by atoms with Crippen molar-refractivity contribution in [2.24, 2.45) is 5.41 Å². The number of amides is 3. The monoisotopic (exact) mass is 596 g/mol. The number of benzene rings is 1. The molecule has 44 heavy (non-hydrogen) atoms. The van der Waals surface area contributed by atoms with Gasteiger partial charge in [-0.25, -0.2) is 14.2 Å². The number of carbonyl (C=O) groups excluding carboxylic acids is 3. The number of fused-ring (bicyclic) bond motifs is 4. The maximum atomic E-state index is 13.9. The number of ether oxygens (including phenoxy) is 1. The highest BCUT2D eigenvalue weighted by Crippen LogP contribution is 2.49. The summed E-state index contributed by atoms with van der Waals surface area (Å²) in [5.74, 6) is -0.258. The Morgan fingerprint density at radius 2 is 1.95 bits per heavy atom. The van der Waals surface area contributed by atoms with Crippen LogP contribution in [0.4, 0.5) is 15.0 Å². The van der Waals surface area contributed by atoms with Gasteiger partial charge in [0, 0.05) is 36.6 Å². The Morgan fingerprint density at radius 1 is 1.16 bits per heavy atom. The van der Waals surface area contributed by atoms with E-state index in [9.17, 15) is 18.8 Å². The molecule has 2 aromatic heterocycles. The van der Waals surface area contributed by atoms with Crippen LogP contribution in [0.5, 0.6) is 0 Å². The van der Waals surface area contributed by atoms with Crippen molar-refractivity contribution in [2.45, 2.75) is 70.9 Å². The smallest absolute Gasteiger partial charge is 0.422 e. The van der Waals surface area contributed by atoms with Crippen molar-refractivity contribution in [1.82, 2.24) is 14.9 Å². The van der Waals surface area contributed by atoms with E-state index in [0.29, 0.717) is 30.8 Å². The molecule has 0 saturated heterocycles. The Kier molecular flexibility index (Phi) is 7.59. The molecule has 0 N–H and O–H groups in total. The molecule has 0 unspecified atom stereocenters. The number of anilines is 1. The number of nitrogens with zero attached hydrogens (tertiary/aromatic N) is 4. The number of rotatable bonds is 7. The van der Waals surface area contributed by atoms with Gasteiger partial charge in [-0.05, 0) is 81.3 Å². The average Bonchev–Trinajstić information content (AvgIpc) is 3.67. The molecule has 0 saturated carbocycles. The summed E-state index contributed by atoms with van der Waals surface area (Å²) in [6.07, 6.45) is 8.47. The zero-order valence-electron chi connectivity index (χ0n) is 25.5. The van der Waals surface area contributed by atoms with Crippen molar-refractivity contribution in [3.8, 4) is 0 Å². The van der Waals surface area contributed by atoms with Crippen molar-refractivity contribution in [3.05, 3.63) is 94.4 Å². The van der Waals surface area contributed by atoms with Crippen LogP contribution in [0.25, 0.3) is 6.08 Å². The third-order valence-electron chi connectivity index (χ3n) is 8.95. The number of aryl methyl sites for hydroxylation is 1. The van der Waals surface area contributed by atoms with Gasteiger partial charge in [-0.2, -0.15) is 4.90 Å². The Morgan fingerprint density at radius 3 is 2.73 bits per heavy atom. The fraction of sp³-hybridized carbons (Fsp3) is 0.400. The number of hydrogen-bond donors (Lipinski definition) is 0. The molecule has 2 aliphatic carbocycles. The first-order valence-corrected chi connectivity index (χ1v) is 15.2. The molecular formula is C35H37FN4O4. The molecule has 2 atom stereocenters. The van der Waals surface area contributed by atoms with Gasteiger partial charge in [-0.1, -0.05) is 42.5 Å². The Labute approximate surface area is 256 Å². The van der Waals surface area contributed by atoms with Gasteiger partial charge in [-0.15, -0.1) is 0 Å². The zero-order valence-corrected chi connectivity index (χ0v) is 25.5. The third-order valence-corrected chi connectivity index (χ3v) is 8.95. The second-order valence-electron chi connectivity index (χ2n) is 12.9. The largest absolute Gasteiger partial charge is 0.446 e. The molecule has 3 aliphatic rings. The van der Waals surface area contributed by atoms with E-state index in [1.165, 1.54) is 5.56 Å². The second-order valence-corrected chi connectivity index (χ2v) is 12.9. The summed E-state index contributed by atoms with van der Waals surface area (Å²) in [5, 5.41) is 0. The van der Waals surface area contributed by atoms with Crippen LogP contribution in [-0.4, -0.2) is 52.1 Å². The molecule has 0 radical (unpaired) electrons. The SMILES string of the molecule is CC(C)OC(=O)N1C(=O)[C@]2(Cc3cc(/C=C/CN(C(=O)C(C)(C)CF)[C@@H]4CCc5ccccc54)cnc3C2)c2cccnc21. The van der Waals surface area contributed by atoms with Gasteiger partial charge in [0.2, 0.25) is 11.8 Å². The maximum Gasteiger partial charge on any atom is 0.422 e. The van der Waals surface area contributed by atoms with Crippen LogP contribution >= 0.6 is 0 Å². The lowest BCUT2D eigenvalue weighted by Crippen LogP contribution is -2.44. The number of pyridine rings is 2. The van der Waals surface area contributed by atoms with Crippen molar-refractivity contribution >= 4 is 29.8 Å². The molecule has 1 aliphatic heterocycles. The van der Waals surface area contributed by atoms with Crippen molar-refractivity contribution < 1.29 is 23.5 Å². The molecule has 6 rings (SSSR count). The van der Waals surface area contributed by atoms with Gasteiger partial charge in [0.15, 0.2) is 0 Å². The first-order chi connectivity index (χ1) is 21.1. The van der Waals surface area contributed by atoms with Crippen molar-refractivity contribution in [2.75, 3.05) is 18.1 Å². The number of halogens is 1. The van der Waals surface area contributed by atoms with Gasteiger partial charge in [0.25, 0.3) is 0 Å². The van der Waals surface area contributed by atoms with E-state index in [4.69, 9.17) is 9.72 Å². The summed E-state index contributed by atoms with van der Waals surface area (Å²) in [6.45, 7) is 6.36. The van der Waals surface area contributed by atoms with E-state index in [1.807, 2.05) is 36.4 Å². The normalized spacial score (nSPS) is 20.4. The molecule has 9 heteroatoms. The maximum absolute atomic E-state index is 13.9. The zero-order chi connectivity index (χ0) is 31.2. The van der Waals surface area contributed by atoms with Crippen molar-refractivity contribution in [1.29, 1.82) is 0 Å². The number of aromatic nitrogens is 2. The summed E-state index contributed by atoms with van der Waals surface area (Å²) >= 11 is 0. The number of carbonyl (C=O) groups is 3. The minimum absolute atomic E-state index is 0.112. The molecule has 3 heterocycles. The van der Waals surface area contributed by atoms with E-state index < -0.39 is 23.6 Å². The van der Waals surface area contributed by atoms with Crippen LogP contribution in [0.2, 0.25) is 0 Å². The van der Waals surface area contributed by atoms with Gasteiger partial charge < -0.3 is 9.64 Å². The van der Waals surface area contributed by atoms with Gasteiger partial charge in [0.05, 0.1) is 23.0 Å². The fourth-order valence-corrected chi connectivity index (χ4v) is 6.73. The molecule has 1 spiro atoms. The summed E-state index contributed by atoms with van der Waals surface area (Å²) in [4.78, 5) is 52.3. The first kappa shape index (κ1) is 29.7. The van der Waals surface area contributed by atoms with Crippen LogP contribution in [0.15, 0.2) is 60.9 Å². The van der Waals surface area contributed by atoms with E-state index >= 15 is 0 Å². The topological polar surface area (TPSA) is 92.7 Å². The number of hydrogen-bond acceptors (Lipinski definition) is 6. The number of alkyl halides is 1. The highest BCUT2D eigenvalue weighted by Gasteiger charge is 2.57. The molecule has 3 aromatic rings. The van der Waals surface area contributed by atoms with Crippen molar-refractivity contribution in [3.63, 3.8) is 0 Å². The summed E-state index contributed by atoms with van der Waals surface area (Å²) in [5.41, 5.74) is 3.50. The molecule has 8 nitrogen and oxygen atoms in total. The lowest BCUT2D eigenvalue weighted by Gasteiger charge is -2.34. The first-order valence-electron chi connectivity index (χ1n) is 15.2. The molecular weight excluding hydrogens is 559 g/mol. The van der Waals surface area contributed by atoms with Crippen LogP contribution in [0.1, 0.15) is 73.7 Å². The molecule has 1 aromatic carbocycles. The van der Waals surface area contributed by atoms with Gasteiger partial charge >= 0.3 is 6.09 Å². The predicted molar refractivity (Wildman–Crippen MR) is 165 cm³/mol. The fourth-order valence-electron chi connectivity index (χ4n) is 6.73. The minimum atomic E-state index is -1.12. The Balaban J connectivity index is 1.24. The molecule has 0 bridgehead atoms. The summed E-state index contributed by atoms with van der Waals surface area (Å²) < 4.78 is 19.3. The second kappa shape index (κ2) is 11.3. The minimum Gasteiger partial charge on any atom is -0.446 e. The molecule has 0 fully saturated rings. The van der Waals surface area contributed by atoms with Gasteiger partial charge in [0.1, 0.15) is 12.5 Å². The number of imide groups is 1. The highest BCUT2D eigenvalue weighted by atomic mass is 19.1. The Hall–Kier alpha value is -4.40. The van der Waals surface area contributed by atoms with Crippen LogP contribution < -0.4 is 4.90 Å². The summed E-state index contributed by atoms with van der Waals surface area (Å²) in [6, 6.07) is 13.7. The van der Waals surface area contributed by atoms with E-state index in [2.05, 4.69) is 17.1 Å². The van der Waals surface area contributed by atoms with Gasteiger partial charge in [-0.3, -0.25) is 14.6 Å².